The van der Waals surface area contributed by atoms with Crippen molar-refractivity contribution < 1.29 is 4.74 Å². The first-order valence-corrected chi connectivity index (χ1v) is 4.10. The fourth-order valence-electron chi connectivity index (χ4n) is 1.54. The molecular weight excluding hydrogens is 126 g/mol. The van der Waals surface area contributed by atoms with Crippen molar-refractivity contribution in [1.29, 1.82) is 0 Å². The first kappa shape index (κ1) is 8.02. The monoisotopic (exact) mass is 143 g/mol. The third-order valence-electron chi connectivity index (χ3n) is 1.94. The van der Waals surface area contributed by atoms with E-state index in [1.54, 1.807) is 0 Å². The van der Waals surface area contributed by atoms with Crippen LogP contribution in [0.4, 0.5) is 0 Å². The van der Waals surface area contributed by atoms with Crippen LogP contribution >= 0.6 is 0 Å². The Morgan fingerprint density at radius 1 is 1.30 bits per heavy atom. The summed E-state index contributed by atoms with van der Waals surface area (Å²) < 4.78 is 5.58. The summed E-state index contributed by atoms with van der Waals surface area (Å²) in [4.78, 5) is 2.43. The third kappa shape index (κ3) is 1.96. The van der Waals surface area contributed by atoms with Gasteiger partial charge in [-0.2, -0.15) is 0 Å². The molecule has 1 aliphatic heterocycles. The van der Waals surface area contributed by atoms with Crippen molar-refractivity contribution in [3.63, 3.8) is 0 Å². The molecule has 1 heterocycles. The van der Waals surface area contributed by atoms with E-state index in [1.165, 1.54) is 0 Å². The predicted octanol–water partition coefficient (Wildman–Crippen LogP) is 1.12. The summed E-state index contributed by atoms with van der Waals surface area (Å²) in [7, 11) is 0. The molecule has 0 saturated carbocycles. The molecule has 0 amide bonds. The number of nitrogens with zero attached hydrogens (tertiary/aromatic N) is 1. The van der Waals surface area contributed by atoms with Gasteiger partial charge < -0.3 is 4.74 Å². The Morgan fingerprint density at radius 3 is 2.20 bits per heavy atom. The van der Waals surface area contributed by atoms with E-state index < -0.39 is 0 Å². The minimum Gasteiger partial charge on any atom is -0.373 e. The summed E-state index contributed by atoms with van der Waals surface area (Å²) >= 11 is 0. The van der Waals surface area contributed by atoms with Crippen LogP contribution < -0.4 is 0 Å². The highest BCUT2D eigenvalue weighted by Crippen LogP contribution is 2.09. The van der Waals surface area contributed by atoms with Crippen LogP contribution in [0.1, 0.15) is 20.8 Å². The molecule has 1 saturated heterocycles. The lowest BCUT2D eigenvalue weighted by atomic mass is 10.2. The number of rotatable bonds is 1. The predicted molar refractivity (Wildman–Crippen MR) is 42.1 cm³/mol. The smallest absolute Gasteiger partial charge is 0.0678 e. The molecule has 0 aromatic heterocycles. The zero-order valence-electron chi connectivity index (χ0n) is 7.13. The van der Waals surface area contributed by atoms with Crippen molar-refractivity contribution in [2.75, 3.05) is 19.6 Å². The van der Waals surface area contributed by atoms with Crippen LogP contribution in [0, 0.1) is 0 Å². The summed E-state index contributed by atoms with van der Waals surface area (Å²) in [6, 6.07) is 0. The molecule has 1 rings (SSSR count). The Bertz CT molecular complexity index is 95.4. The lowest BCUT2D eigenvalue weighted by Gasteiger charge is -2.34. The zero-order chi connectivity index (χ0) is 7.56. The maximum absolute atomic E-state index is 5.58. The average Bonchev–Trinajstić information content (AvgIpc) is 1.85. The molecule has 0 radical (unpaired) electrons. The number of likely N-dealkylation sites (N-methyl/N-ethyl adjacent to an activating group) is 1. The first-order chi connectivity index (χ1) is 4.72. The van der Waals surface area contributed by atoms with Gasteiger partial charge in [-0.1, -0.05) is 6.92 Å². The minimum atomic E-state index is 0.420. The summed E-state index contributed by atoms with van der Waals surface area (Å²) in [5, 5.41) is 0. The van der Waals surface area contributed by atoms with Gasteiger partial charge in [-0.3, -0.25) is 4.90 Å². The summed E-state index contributed by atoms with van der Waals surface area (Å²) in [5.74, 6) is 0. The Morgan fingerprint density at radius 2 is 1.80 bits per heavy atom. The van der Waals surface area contributed by atoms with Gasteiger partial charge in [0.15, 0.2) is 0 Å². The molecular formula is C8H17NO. The Kier molecular flexibility index (Phi) is 2.69. The van der Waals surface area contributed by atoms with Crippen molar-refractivity contribution in [2.24, 2.45) is 0 Å². The summed E-state index contributed by atoms with van der Waals surface area (Å²) in [6.07, 6.45) is 0.840. The van der Waals surface area contributed by atoms with Crippen LogP contribution in [0.5, 0.6) is 0 Å². The van der Waals surface area contributed by atoms with Crippen molar-refractivity contribution in [1.82, 2.24) is 4.90 Å². The lowest BCUT2D eigenvalue weighted by molar-refractivity contribution is -0.0664. The van der Waals surface area contributed by atoms with E-state index in [1.807, 2.05) is 0 Å². The first-order valence-electron chi connectivity index (χ1n) is 4.10. The molecule has 1 aliphatic rings. The van der Waals surface area contributed by atoms with Gasteiger partial charge in [0.25, 0.3) is 0 Å². The zero-order valence-corrected chi connectivity index (χ0v) is 7.13. The minimum absolute atomic E-state index is 0.420. The maximum Gasteiger partial charge on any atom is 0.0678 e. The highest BCUT2D eigenvalue weighted by molar-refractivity contribution is 4.71. The van der Waals surface area contributed by atoms with E-state index in [9.17, 15) is 0 Å². The second-order valence-electron chi connectivity index (χ2n) is 3.11. The Balaban J connectivity index is 2.35. The topological polar surface area (TPSA) is 12.5 Å². The standard InChI is InChI=1S/C8H17NO/c1-4-9-5-7(2)10-8(3)6-9/h7-8H,4-6H2,1-3H3/t7-,8-/m1/s1. The molecule has 0 spiro atoms. The van der Waals surface area contributed by atoms with Crippen LogP contribution in [0.2, 0.25) is 0 Å². The van der Waals surface area contributed by atoms with E-state index in [0.717, 1.165) is 19.6 Å². The fraction of sp³-hybridized carbons (Fsp3) is 1.00. The van der Waals surface area contributed by atoms with E-state index in [2.05, 4.69) is 25.7 Å². The average molecular weight is 143 g/mol. The van der Waals surface area contributed by atoms with Crippen molar-refractivity contribution in [2.45, 2.75) is 33.0 Å². The van der Waals surface area contributed by atoms with E-state index >= 15 is 0 Å². The highest BCUT2D eigenvalue weighted by Gasteiger charge is 2.19. The van der Waals surface area contributed by atoms with Gasteiger partial charge in [0.05, 0.1) is 12.2 Å². The number of ether oxygens (including phenoxy) is 1. The third-order valence-corrected chi connectivity index (χ3v) is 1.94. The van der Waals surface area contributed by atoms with Gasteiger partial charge >= 0.3 is 0 Å². The number of morpholine rings is 1. The van der Waals surface area contributed by atoms with Gasteiger partial charge in [-0.05, 0) is 20.4 Å². The van der Waals surface area contributed by atoms with Gasteiger partial charge in [0.2, 0.25) is 0 Å². The molecule has 0 aliphatic carbocycles. The summed E-state index contributed by atoms with van der Waals surface area (Å²) in [6.45, 7) is 9.82. The normalized spacial score (nSPS) is 36.3. The largest absolute Gasteiger partial charge is 0.373 e. The van der Waals surface area contributed by atoms with Gasteiger partial charge in [0.1, 0.15) is 0 Å². The van der Waals surface area contributed by atoms with E-state index in [4.69, 9.17) is 4.74 Å². The van der Waals surface area contributed by atoms with Crippen LogP contribution in [0.3, 0.4) is 0 Å². The van der Waals surface area contributed by atoms with E-state index in [-0.39, 0.29) is 0 Å². The molecule has 1 fully saturated rings. The molecule has 2 nitrogen and oxygen atoms in total. The fourth-order valence-corrected chi connectivity index (χ4v) is 1.54. The van der Waals surface area contributed by atoms with Crippen molar-refractivity contribution in [3.05, 3.63) is 0 Å². The van der Waals surface area contributed by atoms with Gasteiger partial charge in [0, 0.05) is 13.1 Å². The molecule has 0 aromatic rings. The second kappa shape index (κ2) is 3.35. The Hall–Kier alpha value is -0.0800. The van der Waals surface area contributed by atoms with Crippen LogP contribution in [0.25, 0.3) is 0 Å². The molecule has 0 unspecified atom stereocenters. The highest BCUT2D eigenvalue weighted by atomic mass is 16.5. The van der Waals surface area contributed by atoms with E-state index in [0.29, 0.717) is 12.2 Å². The molecule has 0 aromatic carbocycles. The molecule has 2 atom stereocenters. The van der Waals surface area contributed by atoms with Gasteiger partial charge in [-0.25, -0.2) is 0 Å². The molecule has 60 valence electrons. The van der Waals surface area contributed by atoms with Crippen molar-refractivity contribution in [3.8, 4) is 0 Å². The molecule has 0 N–H and O–H groups in total. The maximum atomic E-state index is 5.58. The van der Waals surface area contributed by atoms with Crippen LogP contribution in [0.15, 0.2) is 0 Å². The lowest BCUT2D eigenvalue weighted by Crippen LogP contribution is -2.45. The van der Waals surface area contributed by atoms with Crippen LogP contribution in [-0.4, -0.2) is 36.7 Å². The molecule has 0 bridgehead atoms. The summed E-state index contributed by atoms with van der Waals surface area (Å²) in [5.41, 5.74) is 0. The van der Waals surface area contributed by atoms with Crippen molar-refractivity contribution >= 4 is 0 Å². The van der Waals surface area contributed by atoms with Crippen LogP contribution in [-0.2, 0) is 4.74 Å². The number of hydrogen-bond donors (Lipinski definition) is 0. The SMILES string of the molecule is CCN1C[C@@H](C)O[C@H](C)C1. The quantitative estimate of drug-likeness (QED) is 0.545. The Labute approximate surface area is 63.2 Å². The van der Waals surface area contributed by atoms with Gasteiger partial charge in [-0.15, -0.1) is 0 Å². The second-order valence-corrected chi connectivity index (χ2v) is 3.11. The number of hydrogen-bond acceptors (Lipinski definition) is 2. The molecule has 10 heavy (non-hydrogen) atoms. The molecule has 2 heteroatoms.